The van der Waals surface area contributed by atoms with E-state index in [0.29, 0.717) is 39.0 Å². The van der Waals surface area contributed by atoms with E-state index in [1.165, 1.54) is 11.8 Å². The molecule has 0 aromatic carbocycles. The zero-order chi connectivity index (χ0) is 21.1. The van der Waals surface area contributed by atoms with Gasteiger partial charge in [-0.25, -0.2) is 0 Å². The zero-order valence-corrected chi connectivity index (χ0v) is 18.4. The number of β-amino-alcohol motifs (C(OH)–C–C–N with tert-alkyl or cyclic N) is 1. The molecule has 1 saturated heterocycles. The first-order valence-corrected chi connectivity index (χ1v) is 10.2. The molecule has 5 N–H and O–H groups in total. The first kappa shape index (κ1) is 28.0. The van der Waals surface area contributed by atoms with Crippen LogP contribution in [0.3, 0.4) is 0 Å². The van der Waals surface area contributed by atoms with Crippen molar-refractivity contribution in [1.82, 2.24) is 9.80 Å². The molecule has 0 aromatic heterocycles. The molecule has 1 aliphatic heterocycles. The maximum atomic E-state index is 12.7. The van der Waals surface area contributed by atoms with Gasteiger partial charge in [0.1, 0.15) is 18.3 Å². The highest BCUT2D eigenvalue weighted by molar-refractivity contribution is 5.85. The molecule has 0 unspecified atom stereocenters. The summed E-state index contributed by atoms with van der Waals surface area (Å²) >= 11 is 0. The number of hydrogen-bond acceptors (Lipinski definition) is 7. The highest BCUT2D eigenvalue weighted by atomic mass is 35.5. The van der Waals surface area contributed by atoms with Crippen molar-refractivity contribution in [2.24, 2.45) is 5.73 Å². The van der Waals surface area contributed by atoms with Crippen LogP contribution in [0.1, 0.15) is 46.0 Å². The Hall–Kier alpha value is -0.970. The fraction of sp³-hybridized carbons (Fsp3) is 0.895. The number of rotatable bonds is 4. The molecule has 0 bridgehead atoms. The molecule has 10 heteroatoms. The number of unbranched alkanes of at least 4 members (excludes halogenated alkanes) is 1. The summed E-state index contributed by atoms with van der Waals surface area (Å²) in [4.78, 5) is 27.7. The van der Waals surface area contributed by atoms with Crippen LogP contribution in [0.15, 0.2) is 0 Å². The first-order chi connectivity index (χ1) is 13.3. The number of ether oxygens (including phenoxy) is 1. The van der Waals surface area contributed by atoms with Gasteiger partial charge in [-0.05, 0) is 19.3 Å². The average molecular weight is 440 g/mol. The Labute approximate surface area is 179 Å². The maximum Gasteiger partial charge on any atom is 0.239 e. The van der Waals surface area contributed by atoms with Crippen LogP contribution in [0.2, 0.25) is 0 Å². The van der Waals surface area contributed by atoms with Gasteiger partial charge in [-0.15, -0.1) is 12.4 Å². The van der Waals surface area contributed by atoms with E-state index in [-0.39, 0.29) is 43.9 Å². The van der Waals surface area contributed by atoms with Gasteiger partial charge in [-0.1, -0.05) is 19.8 Å². The molecule has 1 aliphatic rings. The van der Waals surface area contributed by atoms with Crippen molar-refractivity contribution in [3.63, 3.8) is 0 Å². The number of carbonyl (C=O) groups is 2. The van der Waals surface area contributed by atoms with Crippen molar-refractivity contribution in [1.29, 1.82) is 0 Å². The minimum absolute atomic E-state index is 0. The van der Waals surface area contributed by atoms with Gasteiger partial charge in [0.05, 0.1) is 12.6 Å². The molecule has 9 nitrogen and oxygen atoms in total. The smallest absolute Gasteiger partial charge is 0.239 e. The van der Waals surface area contributed by atoms with E-state index in [4.69, 9.17) is 10.5 Å². The lowest BCUT2D eigenvalue weighted by Crippen LogP contribution is -2.51. The molecule has 172 valence electrons. The highest BCUT2D eigenvalue weighted by Crippen LogP contribution is 2.09. The van der Waals surface area contributed by atoms with Gasteiger partial charge in [0.15, 0.2) is 0 Å². The number of carbonyl (C=O) groups excluding carboxylic acids is 2. The molecule has 1 heterocycles. The zero-order valence-electron chi connectivity index (χ0n) is 17.5. The lowest BCUT2D eigenvalue weighted by molar-refractivity contribution is -0.138. The quantitative estimate of drug-likeness (QED) is 0.463. The van der Waals surface area contributed by atoms with Crippen LogP contribution < -0.4 is 5.73 Å². The SMILES string of the molecule is CCCC[C@@H](N)C(=O)N1CCCCOC[C@@H](O)[C@H](O)[C@@H](O)CN(C(C)=O)CC1.Cl. The summed E-state index contributed by atoms with van der Waals surface area (Å²) in [7, 11) is 0. The fourth-order valence-corrected chi connectivity index (χ4v) is 3.13. The van der Waals surface area contributed by atoms with E-state index < -0.39 is 24.4 Å². The molecule has 4 atom stereocenters. The monoisotopic (exact) mass is 439 g/mol. The maximum absolute atomic E-state index is 12.7. The summed E-state index contributed by atoms with van der Waals surface area (Å²) in [6.45, 7) is 4.55. The van der Waals surface area contributed by atoms with Crippen LogP contribution in [-0.2, 0) is 14.3 Å². The van der Waals surface area contributed by atoms with Gasteiger partial charge in [0.2, 0.25) is 11.8 Å². The lowest BCUT2D eigenvalue weighted by Gasteiger charge is -2.32. The van der Waals surface area contributed by atoms with E-state index in [9.17, 15) is 24.9 Å². The van der Waals surface area contributed by atoms with E-state index in [0.717, 1.165) is 12.8 Å². The molecule has 0 spiro atoms. The average Bonchev–Trinajstić information content (AvgIpc) is 2.67. The largest absolute Gasteiger partial charge is 0.388 e. The number of aliphatic hydroxyl groups is 3. The van der Waals surface area contributed by atoms with Crippen LogP contribution in [-0.4, -0.2) is 101 Å². The number of nitrogens with zero attached hydrogens (tertiary/aromatic N) is 2. The van der Waals surface area contributed by atoms with Gasteiger partial charge in [-0.3, -0.25) is 9.59 Å². The third-order valence-electron chi connectivity index (χ3n) is 5.03. The summed E-state index contributed by atoms with van der Waals surface area (Å²) in [5.74, 6) is -0.423. The van der Waals surface area contributed by atoms with Crippen molar-refractivity contribution in [2.45, 2.75) is 70.3 Å². The van der Waals surface area contributed by atoms with Gasteiger partial charge in [0, 0.05) is 39.7 Å². The minimum atomic E-state index is -1.43. The van der Waals surface area contributed by atoms with Crippen LogP contribution in [0.5, 0.6) is 0 Å². The predicted octanol–water partition coefficient (Wildman–Crippen LogP) is -0.504. The van der Waals surface area contributed by atoms with Crippen molar-refractivity contribution < 1.29 is 29.6 Å². The van der Waals surface area contributed by atoms with Crippen molar-refractivity contribution >= 4 is 24.2 Å². The number of aliphatic hydroxyl groups excluding tert-OH is 3. The molecule has 1 fully saturated rings. The van der Waals surface area contributed by atoms with Gasteiger partial charge in [0.25, 0.3) is 0 Å². The molecule has 2 amide bonds. The molecule has 29 heavy (non-hydrogen) atoms. The number of halogens is 1. The molecule has 1 rings (SSSR count). The van der Waals surface area contributed by atoms with Crippen molar-refractivity contribution in [3.8, 4) is 0 Å². The molecule has 0 radical (unpaired) electrons. The van der Waals surface area contributed by atoms with E-state index in [2.05, 4.69) is 0 Å². The predicted molar refractivity (Wildman–Crippen MR) is 112 cm³/mol. The Morgan fingerprint density at radius 3 is 2.38 bits per heavy atom. The van der Waals surface area contributed by atoms with Gasteiger partial charge >= 0.3 is 0 Å². The normalized spacial score (nSPS) is 26.2. The summed E-state index contributed by atoms with van der Waals surface area (Å²) in [6, 6.07) is -0.566. The number of amides is 2. The standard InChI is InChI=1S/C19H37N3O6.ClH/c1-3-4-7-15(20)19(27)21-8-5-6-11-28-13-17(25)18(26)16(24)12-22(10-9-21)14(2)23;/h15-18,24-26H,3-13,20H2,1-2H3;1H/t15-,16+,17-,18-;/m1./s1. The van der Waals surface area contributed by atoms with Crippen LogP contribution in [0.25, 0.3) is 0 Å². The summed E-state index contributed by atoms with van der Waals surface area (Å²) in [5.41, 5.74) is 6.05. The van der Waals surface area contributed by atoms with Crippen LogP contribution in [0, 0.1) is 0 Å². The van der Waals surface area contributed by atoms with Crippen LogP contribution >= 0.6 is 12.4 Å². The number of hydrogen-bond donors (Lipinski definition) is 4. The molecule has 0 saturated carbocycles. The van der Waals surface area contributed by atoms with E-state index in [1.54, 1.807) is 4.90 Å². The highest BCUT2D eigenvalue weighted by Gasteiger charge is 2.28. The van der Waals surface area contributed by atoms with Crippen molar-refractivity contribution in [2.75, 3.05) is 39.4 Å². The second-order valence-corrected chi connectivity index (χ2v) is 7.45. The Balaban J connectivity index is 0.00000784. The van der Waals surface area contributed by atoms with E-state index in [1.807, 2.05) is 6.92 Å². The molecular formula is C19H38ClN3O6. The summed E-state index contributed by atoms with van der Waals surface area (Å²) in [6.07, 6.45) is -0.145. The molecular weight excluding hydrogens is 402 g/mol. The van der Waals surface area contributed by atoms with Crippen molar-refractivity contribution in [3.05, 3.63) is 0 Å². The summed E-state index contributed by atoms with van der Waals surface area (Å²) in [5, 5.41) is 30.2. The third kappa shape index (κ3) is 10.1. The second kappa shape index (κ2) is 14.9. The Bertz CT molecular complexity index is 485. The molecule has 0 aromatic rings. The van der Waals surface area contributed by atoms with Gasteiger partial charge in [-0.2, -0.15) is 0 Å². The topological polar surface area (TPSA) is 137 Å². The third-order valence-corrected chi connectivity index (χ3v) is 5.03. The number of nitrogens with two attached hydrogens (primary N) is 1. The Morgan fingerprint density at radius 1 is 1.10 bits per heavy atom. The minimum Gasteiger partial charge on any atom is -0.388 e. The second-order valence-electron chi connectivity index (χ2n) is 7.45. The fourth-order valence-electron chi connectivity index (χ4n) is 3.13. The van der Waals surface area contributed by atoms with E-state index >= 15 is 0 Å². The summed E-state index contributed by atoms with van der Waals surface area (Å²) < 4.78 is 5.35. The van der Waals surface area contributed by atoms with Crippen LogP contribution in [0.4, 0.5) is 0 Å². The molecule has 0 aliphatic carbocycles. The first-order valence-electron chi connectivity index (χ1n) is 10.2. The van der Waals surface area contributed by atoms with Gasteiger partial charge < -0.3 is 35.6 Å². The lowest BCUT2D eigenvalue weighted by atomic mass is 10.1. The Morgan fingerprint density at radius 2 is 1.76 bits per heavy atom. The Kier molecular flexibility index (Phi) is 14.4.